The van der Waals surface area contributed by atoms with Gasteiger partial charge in [0, 0.05) is 39.3 Å². The smallest absolute Gasteiger partial charge is 0.191 e. The lowest BCUT2D eigenvalue weighted by molar-refractivity contribution is 0.128. The number of guanidine groups is 1. The van der Waals surface area contributed by atoms with Crippen molar-refractivity contribution in [3.05, 3.63) is 35.4 Å². The van der Waals surface area contributed by atoms with Crippen LogP contribution in [0.1, 0.15) is 45.2 Å². The molecule has 0 bridgehead atoms. The number of aliphatic imine (C=N–C) groups is 1. The Labute approximate surface area is 160 Å². The predicted molar refractivity (Wildman–Crippen MR) is 112 cm³/mol. The van der Waals surface area contributed by atoms with E-state index in [-0.39, 0.29) is 0 Å². The van der Waals surface area contributed by atoms with E-state index in [4.69, 9.17) is 4.74 Å². The normalized spacial score (nSPS) is 12.3. The van der Waals surface area contributed by atoms with Gasteiger partial charge in [-0.25, -0.2) is 0 Å². The lowest BCUT2D eigenvalue weighted by Crippen LogP contribution is -2.38. The van der Waals surface area contributed by atoms with Crippen LogP contribution in [0.3, 0.4) is 0 Å². The van der Waals surface area contributed by atoms with Crippen molar-refractivity contribution in [2.45, 2.75) is 53.2 Å². The summed E-state index contributed by atoms with van der Waals surface area (Å²) in [5, 5.41) is 6.71. The molecule has 0 aliphatic carbocycles. The van der Waals surface area contributed by atoms with Gasteiger partial charge in [0.25, 0.3) is 0 Å². The second kappa shape index (κ2) is 12.7. The molecule has 0 aromatic heterocycles. The van der Waals surface area contributed by atoms with Crippen LogP contribution in [0.5, 0.6) is 0 Å². The molecule has 0 fully saturated rings. The third-order valence-corrected chi connectivity index (χ3v) is 4.47. The molecule has 1 aromatic rings. The minimum atomic E-state index is 0.529. The first kappa shape index (κ1) is 22.5. The monoisotopic (exact) mass is 362 g/mol. The summed E-state index contributed by atoms with van der Waals surface area (Å²) in [6.07, 6.45) is 1.11. The zero-order valence-electron chi connectivity index (χ0n) is 17.5. The second-order valence-electron chi connectivity index (χ2n) is 7.43. The van der Waals surface area contributed by atoms with Crippen molar-refractivity contribution < 1.29 is 4.74 Å². The first-order chi connectivity index (χ1) is 12.4. The van der Waals surface area contributed by atoms with E-state index in [1.165, 1.54) is 11.1 Å². The van der Waals surface area contributed by atoms with E-state index in [0.717, 1.165) is 38.6 Å². The van der Waals surface area contributed by atoms with Gasteiger partial charge < -0.3 is 15.4 Å². The van der Waals surface area contributed by atoms with Crippen molar-refractivity contribution in [2.24, 2.45) is 10.9 Å². The molecule has 5 heteroatoms. The summed E-state index contributed by atoms with van der Waals surface area (Å²) < 4.78 is 5.64. The van der Waals surface area contributed by atoms with Crippen LogP contribution >= 0.6 is 0 Å². The van der Waals surface area contributed by atoms with Gasteiger partial charge in [-0.1, -0.05) is 38.1 Å². The summed E-state index contributed by atoms with van der Waals surface area (Å²) in [5.41, 5.74) is 2.65. The highest BCUT2D eigenvalue weighted by Gasteiger charge is 2.08. The van der Waals surface area contributed by atoms with Crippen LogP contribution in [0.2, 0.25) is 0 Å². The van der Waals surface area contributed by atoms with Crippen molar-refractivity contribution in [1.82, 2.24) is 15.5 Å². The average molecular weight is 363 g/mol. The molecule has 5 nitrogen and oxygen atoms in total. The van der Waals surface area contributed by atoms with Crippen LogP contribution in [0.15, 0.2) is 29.3 Å². The average Bonchev–Trinajstić information content (AvgIpc) is 2.61. The van der Waals surface area contributed by atoms with Crippen LogP contribution in [0.4, 0.5) is 0 Å². The number of rotatable bonds is 11. The van der Waals surface area contributed by atoms with Crippen LogP contribution in [-0.4, -0.2) is 50.8 Å². The highest BCUT2D eigenvalue weighted by Crippen LogP contribution is 2.12. The first-order valence-electron chi connectivity index (χ1n) is 9.73. The molecule has 1 rings (SSSR count). The molecular weight excluding hydrogens is 324 g/mol. The molecule has 26 heavy (non-hydrogen) atoms. The molecule has 0 saturated heterocycles. The molecular formula is C21H38N4O. The molecule has 0 aliphatic heterocycles. The van der Waals surface area contributed by atoms with E-state index in [1.54, 1.807) is 7.05 Å². The van der Waals surface area contributed by atoms with E-state index in [0.29, 0.717) is 18.6 Å². The van der Waals surface area contributed by atoms with E-state index in [9.17, 15) is 0 Å². The quantitative estimate of drug-likeness (QED) is 0.360. The Morgan fingerprint density at radius 2 is 1.77 bits per heavy atom. The highest BCUT2D eigenvalue weighted by atomic mass is 16.5. The van der Waals surface area contributed by atoms with Gasteiger partial charge in [-0.3, -0.25) is 9.89 Å². The lowest BCUT2D eigenvalue weighted by atomic mass is 10.1. The Bertz CT molecular complexity index is 528. The van der Waals surface area contributed by atoms with Crippen molar-refractivity contribution >= 4 is 5.96 Å². The zero-order valence-corrected chi connectivity index (χ0v) is 17.5. The first-order valence-corrected chi connectivity index (χ1v) is 9.73. The molecule has 148 valence electrons. The van der Waals surface area contributed by atoms with E-state index in [1.807, 2.05) is 0 Å². The van der Waals surface area contributed by atoms with E-state index in [2.05, 4.69) is 79.5 Å². The van der Waals surface area contributed by atoms with Crippen molar-refractivity contribution in [3.8, 4) is 0 Å². The summed E-state index contributed by atoms with van der Waals surface area (Å²) in [6, 6.07) is 9.11. The summed E-state index contributed by atoms with van der Waals surface area (Å²) in [7, 11) is 3.96. The molecule has 0 heterocycles. The fourth-order valence-corrected chi connectivity index (χ4v) is 2.40. The second-order valence-corrected chi connectivity index (χ2v) is 7.43. The van der Waals surface area contributed by atoms with Gasteiger partial charge >= 0.3 is 0 Å². The van der Waals surface area contributed by atoms with Gasteiger partial charge in [0.15, 0.2) is 5.96 Å². The summed E-state index contributed by atoms with van der Waals surface area (Å²) in [6.45, 7) is 12.8. The minimum Gasteiger partial charge on any atom is -0.380 e. The van der Waals surface area contributed by atoms with E-state index >= 15 is 0 Å². The van der Waals surface area contributed by atoms with Crippen molar-refractivity contribution in [1.29, 1.82) is 0 Å². The number of nitrogens with one attached hydrogen (secondary N) is 2. The summed E-state index contributed by atoms with van der Waals surface area (Å²) in [5.74, 6) is 1.50. The standard InChI is InChI=1S/C21H38N4O/c1-17(2)11-13-26-14-12-23-21(22-5)24-15-19-9-7-8-10-20(19)16-25(6)18(3)4/h7-10,17-18H,11-16H2,1-6H3,(H2,22,23,24). The predicted octanol–water partition coefficient (Wildman–Crippen LogP) is 3.25. The minimum absolute atomic E-state index is 0.529. The molecule has 0 spiro atoms. The maximum absolute atomic E-state index is 5.64. The number of ether oxygens (including phenoxy) is 1. The van der Waals surface area contributed by atoms with Gasteiger partial charge in [-0.15, -0.1) is 0 Å². The number of benzene rings is 1. The molecule has 0 saturated carbocycles. The zero-order chi connectivity index (χ0) is 19.4. The Hall–Kier alpha value is -1.59. The van der Waals surface area contributed by atoms with Crippen molar-refractivity contribution in [2.75, 3.05) is 33.9 Å². The SMILES string of the molecule is CN=C(NCCOCCC(C)C)NCc1ccccc1CN(C)C(C)C. The third-order valence-electron chi connectivity index (χ3n) is 4.47. The van der Waals surface area contributed by atoms with Gasteiger partial charge in [0.05, 0.1) is 6.61 Å². The highest BCUT2D eigenvalue weighted by molar-refractivity contribution is 5.79. The van der Waals surface area contributed by atoms with Gasteiger partial charge in [0.1, 0.15) is 0 Å². The largest absolute Gasteiger partial charge is 0.380 e. The Morgan fingerprint density at radius 1 is 1.08 bits per heavy atom. The van der Waals surface area contributed by atoms with Crippen LogP contribution in [0, 0.1) is 5.92 Å². The number of nitrogens with zero attached hydrogens (tertiary/aromatic N) is 2. The van der Waals surface area contributed by atoms with Gasteiger partial charge in [-0.2, -0.15) is 0 Å². The fourth-order valence-electron chi connectivity index (χ4n) is 2.40. The Kier molecular flexibility index (Phi) is 11.0. The lowest BCUT2D eigenvalue weighted by Gasteiger charge is -2.23. The van der Waals surface area contributed by atoms with Crippen LogP contribution < -0.4 is 10.6 Å². The molecule has 2 N–H and O–H groups in total. The fraction of sp³-hybridized carbons (Fsp3) is 0.667. The third kappa shape index (κ3) is 9.20. The Balaban J connectivity index is 2.41. The molecule has 1 aromatic carbocycles. The molecule has 0 atom stereocenters. The molecule has 0 amide bonds. The summed E-state index contributed by atoms with van der Waals surface area (Å²) in [4.78, 5) is 6.64. The van der Waals surface area contributed by atoms with E-state index < -0.39 is 0 Å². The van der Waals surface area contributed by atoms with Gasteiger partial charge in [0.2, 0.25) is 0 Å². The number of hydrogen-bond donors (Lipinski definition) is 2. The van der Waals surface area contributed by atoms with Crippen molar-refractivity contribution in [3.63, 3.8) is 0 Å². The summed E-state index contributed by atoms with van der Waals surface area (Å²) >= 11 is 0. The maximum atomic E-state index is 5.64. The van der Waals surface area contributed by atoms with Crippen LogP contribution in [0.25, 0.3) is 0 Å². The number of hydrogen-bond acceptors (Lipinski definition) is 3. The maximum Gasteiger partial charge on any atom is 0.191 e. The molecule has 0 unspecified atom stereocenters. The van der Waals surface area contributed by atoms with Gasteiger partial charge in [-0.05, 0) is 44.4 Å². The Morgan fingerprint density at radius 3 is 2.38 bits per heavy atom. The van der Waals surface area contributed by atoms with Crippen LogP contribution in [-0.2, 0) is 17.8 Å². The molecule has 0 radical (unpaired) electrons. The molecule has 0 aliphatic rings. The topological polar surface area (TPSA) is 48.9 Å².